The van der Waals surface area contributed by atoms with Gasteiger partial charge >= 0.3 is 6.03 Å². The molecular weight excluding hydrogens is 458 g/mol. The fourth-order valence-electron chi connectivity index (χ4n) is 3.43. The molecule has 1 aliphatic heterocycles. The lowest BCUT2D eigenvalue weighted by Crippen LogP contribution is -2.42. The highest BCUT2D eigenvalue weighted by Gasteiger charge is 2.24. The van der Waals surface area contributed by atoms with E-state index in [2.05, 4.69) is 55.5 Å². The van der Waals surface area contributed by atoms with Crippen molar-refractivity contribution in [2.45, 2.75) is 13.3 Å². The molecule has 0 saturated carbocycles. The molecule has 1 atom stereocenters. The Kier molecular flexibility index (Phi) is 6.57. The van der Waals surface area contributed by atoms with Gasteiger partial charge < -0.3 is 9.64 Å². The van der Waals surface area contributed by atoms with Crippen molar-refractivity contribution in [1.29, 1.82) is 0 Å². The van der Waals surface area contributed by atoms with Gasteiger partial charge in [-0.1, -0.05) is 30.7 Å². The van der Waals surface area contributed by atoms with Crippen molar-refractivity contribution in [1.82, 2.24) is 20.1 Å². The lowest BCUT2D eigenvalue weighted by molar-refractivity contribution is 0.197. The van der Waals surface area contributed by atoms with E-state index in [9.17, 15) is 4.79 Å². The molecule has 0 radical (unpaired) electrons. The number of carbonyl (C=O) groups excluding carboxylic acids is 1. The highest BCUT2D eigenvalue weighted by Crippen LogP contribution is 2.27. The molecule has 1 aromatic carbocycles. The van der Waals surface area contributed by atoms with E-state index in [0.29, 0.717) is 24.8 Å². The Hall–Kier alpha value is -3.26. The molecule has 7 nitrogen and oxygen atoms in total. The molecule has 1 saturated heterocycles. The Morgan fingerprint density at radius 1 is 1.26 bits per heavy atom. The second kappa shape index (κ2) is 9.70. The molecular formula is C23H22BrN5O2. The van der Waals surface area contributed by atoms with Gasteiger partial charge in [0, 0.05) is 36.0 Å². The summed E-state index contributed by atoms with van der Waals surface area (Å²) in [7, 11) is 0. The summed E-state index contributed by atoms with van der Waals surface area (Å²) in [5.74, 6) is 1.99. The molecule has 2 aromatic heterocycles. The zero-order valence-electron chi connectivity index (χ0n) is 17.0. The van der Waals surface area contributed by atoms with Crippen LogP contribution in [-0.4, -0.2) is 39.2 Å². The Labute approximate surface area is 189 Å². The normalized spacial score (nSPS) is 17.4. The lowest BCUT2D eigenvalue weighted by Gasteiger charge is -2.33. The summed E-state index contributed by atoms with van der Waals surface area (Å²) in [6.07, 6.45) is 6.28. The van der Waals surface area contributed by atoms with Crippen LogP contribution in [0.2, 0.25) is 0 Å². The second-order valence-electron chi connectivity index (χ2n) is 7.34. The van der Waals surface area contributed by atoms with E-state index in [1.807, 2.05) is 35.2 Å². The number of likely N-dealkylation sites (tertiary alicyclic amines) is 1. The Balaban J connectivity index is 1.39. The number of halogens is 1. The van der Waals surface area contributed by atoms with Gasteiger partial charge in [-0.05, 0) is 64.2 Å². The first kappa shape index (κ1) is 21.0. The number of ether oxygens (including phenoxy) is 1. The SMILES string of the molecule is CC1CN(C(=O)Nc2cccnn2)CCC1=Cc1cccc(Oc2ccc(Br)cn2)c1. The molecule has 0 aliphatic carbocycles. The number of aromatic nitrogens is 3. The van der Waals surface area contributed by atoms with Crippen molar-refractivity contribution < 1.29 is 9.53 Å². The molecule has 3 heterocycles. The number of carbonyl (C=O) groups is 1. The Bertz CT molecular complexity index is 1070. The van der Waals surface area contributed by atoms with Crippen molar-refractivity contribution in [3.63, 3.8) is 0 Å². The number of hydrogen-bond acceptors (Lipinski definition) is 5. The van der Waals surface area contributed by atoms with E-state index in [-0.39, 0.29) is 11.9 Å². The third-order valence-corrected chi connectivity index (χ3v) is 5.49. The first-order valence-corrected chi connectivity index (χ1v) is 10.8. The molecule has 0 bridgehead atoms. The number of pyridine rings is 1. The molecule has 158 valence electrons. The van der Waals surface area contributed by atoms with E-state index in [4.69, 9.17) is 4.74 Å². The van der Waals surface area contributed by atoms with Crippen LogP contribution in [-0.2, 0) is 0 Å². The van der Waals surface area contributed by atoms with Gasteiger partial charge in [0.15, 0.2) is 5.82 Å². The van der Waals surface area contributed by atoms with Crippen molar-refractivity contribution in [2.24, 2.45) is 5.92 Å². The molecule has 1 aliphatic rings. The molecule has 8 heteroatoms. The van der Waals surface area contributed by atoms with Gasteiger partial charge in [0.25, 0.3) is 0 Å². The molecule has 0 spiro atoms. The van der Waals surface area contributed by atoms with Crippen LogP contribution < -0.4 is 10.1 Å². The van der Waals surface area contributed by atoms with Crippen LogP contribution in [0.25, 0.3) is 6.08 Å². The Morgan fingerprint density at radius 3 is 2.90 bits per heavy atom. The molecule has 31 heavy (non-hydrogen) atoms. The van der Waals surface area contributed by atoms with Gasteiger partial charge in [-0.3, -0.25) is 5.32 Å². The first-order valence-electron chi connectivity index (χ1n) is 10.0. The number of urea groups is 1. The summed E-state index contributed by atoms with van der Waals surface area (Å²) in [6, 6.07) is 15.0. The van der Waals surface area contributed by atoms with E-state index in [0.717, 1.165) is 22.2 Å². The standard InChI is InChI=1S/C23H22BrN5O2/c1-16-15-29(23(30)27-21-6-3-10-26-28-21)11-9-18(16)12-17-4-2-5-20(13-17)31-22-8-7-19(24)14-25-22/h2-8,10,12-14,16H,9,11,15H2,1H3,(H,27,28,30). The second-order valence-corrected chi connectivity index (χ2v) is 8.26. The van der Waals surface area contributed by atoms with Crippen LogP contribution in [0.4, 0.5) is 10.6 Å². The van der Waals surface area contributed by atoms with E-state index < -0.39 is 0 Å². The number of nitrogens with one attached hydrogen (secondary N) is 1. The fourth-order valence-corrected chi connectivity index (χ4v) is 3.67. The number of benzene rings is 1. The van der Waals surface area contributed by atoms with Gasteiger partial charge in [-0.2, -0.15) is 5.10 Å². The van der Waals surface area contributed by atoms with Gasteiger partial charge in [0.05, 0.1) is 0 Å². The van der Waals surface area contributed by atoms with Crippen LogP contribution in [0.15, 0.2) is 71.0 Å². The number of nitrogens with zero attached hydrogens (tertiary/aromatic N) is 4. The van der Waals surface area contributed by atoms with E-state index >= 15 is 0 Å². The van der Waals surface area contributed by atoms with Crippen molar-refractivity contribution in [3.8, 4) is 11.6 Å². The highest BCUT2D eigenvalue weighted by atomic mass is 79.9. The summed E-state index contributed by atoms with van der Waals surface area (Å²) >= 11 is 3.37. The van der Waals surface area contributed by atoms with Gasteiger partial charge in [-0.25, -0.2) is 9.78 Å². The summed E-state index contributed by atoms with van der Waals surface area (Å²) in [5.41, 5.74) is 2.37. The number of rotatable bonds is 4. The summed E-state index contributed by atoms with van der Waals surface area (Å²) in [4.78, 5) is 18.6. The molecule has 1 unspecified atom stereocenters. The summed E-state index contributed by atoms with van der Waals surface area (Å²) in [6.45, 7) is 3.44. The largest absolute Gasteiger partial charge is 0.439 e. The third-order valence-electron chi connectivity index (χ3n) is 5.02. The van der Waals surface area contributed by atoms with Crippen LogP contribution in [0.5, 0.6) is 11.6 Å². The van der Waals surface area contributed by atoms with Gasteiger partial charge in [0.2, 0.25) is 5.88 Å². The van der Waals surface area contributed by atoms with Gasteiger partial charge in [0.1, 0.15) is 5.75 Å². The molecule has 4 rings (SSSR count). The van der Waals surface area contributed by atoms with Crippen molar-refractivity contribution in [3.05, 3.63) is 76.5 Å². The fraction of sp³-hybridized carbons (Fsp3) is 0.217. The average molecular weight is 480 g/mol. The molecule has 2 amide bonds. The average Bonchev–Trinajstić information content (AvgIpc) is 2.78. The minimum Gasteiger partial charge on any atom is -0.439 e. The number of amides is 2. The van der Waals surface area contributed by atoms with Gasteiger partial charge in [-0.15, -0.1) is 5.10 Å². The van der Waals surface area contributed by atoms with Crippen molar-refractivity contribution >= 4 is 33.9 Å². The number of anilines is 1. The summed E-state index contributed by atoms with van der Waals surface area (Å²) < 4.78 is 6.77. The maximum atomic E-state index is 12.5. The van der Waals surface area contributed by atoms with E-state index in [1.54, 1.807) is 24.5 Å². The molecule has 1 N–H and O–H groups in total. The Morgan fingerprint density at radius 2 is 2.16 bits per heavy atom. The zero-order chi connectivity index (χ0) is 21.6. The van der Waals surface area contributed by atoms with Crippen LogP contribution in [0, 0.1) is 5.92 Å². The summed E-state index contributed by atoms with van der Waals surface area (Å²) in [5, 5.41) is 10.5. The smallest absolute Gasteiger partial charge is 0.323 e. The topological polar surface area (TPSA) is 80.2 Å². The molecule has 1 fully saturated rings. The number of hydrogen-bond donors (Lipinski definition) is 1. The first-order chi connectivity index (χ1) is 15.1. The van der Waals surface area contributed by atoms with Crippen molar-refractivity contribution in [2.75, 3.05) is 18.4 Å². The van der Waals surface area contributed by atoms with Crippen LogP contribution >= 0.6 is 15.9 Å². The monoisotopic (exact) mass is 479 g/mol. The van der Waals surface area contributed by atoms with Crippen LogP contribution in [0.1, 0.15) is 18.9 Å². The maximum absolute atomic E-state index is 12.5. The van der Waals surface area contributed by atoms with Crippen LogP contribution in [0.3, 0.4) is 0 Å². The zero-order valence-corrected chi connectivity index (χ0v) is 18.6. The maximum Gasteiger partial charge on any atom is 0.323 e. The van der Waals surface area contributed by atoms with E-state index in [1.165, 1.54) is 5.57 Å². The third kappa shape index (κ3) is 5.67. The predicted molar refractivity (Wildman–Crippen MR) is 123 cm³/mol. The highest BCUT2D eigenvalue weighted by molar-refractivity contribution is 9.10. The molecule has 3 aromatic rings. The number of piperidine rings is 1. The quantitative estimate of drug-likeness (QED) is 0.542. The lowest BCUT2D eigenvalue weighted by atomic mass is 9.91. The predicted octanol–water partition coefficient (Wildman–Crippen LogP) is 5.38. The minimum atomic E-state index is -0.149. The minimum absolute atomic E-state index is 0.149.